The van der Waals surface area contributed by atoms with E-state index in [1.54, 1.807) is 12.1 Å². The fourth-order valence-corrected chi connectivity index (χ4v) is 10.9. The lowest BCUT2D eigenvalue weighted by Crippen LogP contribution is -2.72. The number of carboxylic acids is 1. The number of aromatic nitrogens is 1. The molecule has 0 unspecified atom stereocenters. The SMILES string of the molecule is CC[C@H](O[Si](C)(C)C(C)(C)C)[C@@H]1C(=O)N2C(C(=O)O)=C(Sc3nc(-c4ccccc4)cs3)S[C@]12Cc1ccc([N+](=O)[O-])cc1. The Balaban J connectivity index is 1.54. The van der Waals surface area contributed by atoms with Crippen molar-refractivity contribution < 1.29 is 24.0 Å². The normalized spacial score (nSPS) is 20.8. The van der Waals surface area contributed by atoms with E-state index < -0.39 is 36.1 Å². The van der Waals surface area contributed by atoms with Crippen LogP contribution in [-0.2, 0) is 20.4 Å². The maximum atomic E-state index is 14.1. The molecule has 1 N–H and O–H groups in total. The summed E-state index contributed by atoms with van der Waals surface area (Å²) in [5.41, 5.74) is 2.44. The smallest absolute Gasteiger partial charge is 0.354 e. The van der Waals surface area contributed by atoms with Crippen LogP contribution in [0.15, 0.2) is 74.3 Å². The van der Waals surface area contributed by atoms with Crippen LogP contribution >= 0.6 is 34.9 Å². The van der Waals surface area contributed by atoms with Gasteiger partial charge in [0.1, 0.15) is 4.87 Å². The molecule has 1 fully saturated rings. The summed E-state index contributed by atoms with van der Waals surface area (Å²) >= 11 is 4.06. The summed E-state index contributed by atoms with van der Waals surface area (Å²) in [6.07, 6.45) is 0.461. The van der Waals surface area contributed by atoms with E-state index in [0.29, 0.717) is 21.4 Å². The molecule has 0 aliphatic carbocycles. The number of carbonyl (C=O) groups excluding carboxylic acids is 1. The Hall–Kier alpha value is -2.97. The molecule has 9 nitrogen and oxygen atoms in total. The standard InChI is InChI=1S/C31H35N3O6S3Si/c1-7-23(40-44(5,6)30(2,3)4)24-26(35)33-25(27(36)37)28(42-29-32-22(18-41-29)20-11-9-8-10-12-20)43-31(24,33)17-19-13-15-21(16-14-19)34(38)39/h8-16,18,23-24H,7,17H2,1-6H3,(H,36,37)/t23-,24+,31+/m0/s1. The molecule has 5 rings (SSSR count). The van der Waals surface area contributed by atoms with Crippen molar-refractivity contribution in [3.63, 3.8) is 0 Å². The van der Waals surface area contributed by atoms with Crippen molar-refractivity contribution in [2.75, 3.05) is 0 Å². The Morgan fingerprint density at radius 3 is 2.43 bits per heavy atom. The Morgan fingerprint density at radius 2 is 1.86 bits per heavy atom. The van der Waals surface area contributed by atoms with Crippen LogP contribution in [0.5, 0.6) is 0 Å². The predicted octanol–water partition coefficient (Wildman–Crippen LogP) is 8.01. The fourth-order valence-electron chi connectivity index (χ4n) is 5.32. The summed E-state index contributed by atoms with van der Waals surface area (Å²) in [6, 6.07) is 16.0. The zero-order chi connectivity index (χ0) is 32.0. The molecule has 13 heteroatoms. The van der Waals surface area contributed by atoms with Gasteiger partial charge in [0, 0.05) is 29.5 Å². The minimum absolute atomic E-state index is 0.0327. The van der Waals surface area contributed by atoms with Crippen LogP contribution < -0.4 is 0 Å². The molecule has 1 saturated heterocycles. The van der Waals surface area contributed by atoms with E-state index in [4.69, 9.17) is 9.41 Å². The monoisotopic (exact) mass is 669 g/mol. The Labute approximate surface area is 270 Å². The van der Waals surface area contributed by atoms with Crippen molar-refractivity contribution in [3.05, 3.63) is 85.6 Å². The first-order chi connectivity index (χ1) is 20.7. The van der Waals surface area contributed by atoms with Crippen LogP contribution in [0.1, 0.15) is 39.7 Å². The van der Waals surface area contributed by atoms with E-state index in [9.17, 15) is 24.8 Å². The number of β-lactam (4-membered cyclic amide) rings is 1. The van der Waals surface area contributed by atoms with Crippen LogP contribution in [0.2, 0.25) is 18.1 Å². The third kappa shape index (κ3) is 5.87. The minimum Gasteiger partial charge on any atom is -0.477 e. The first-order valence-electron chi connectivity index (χ1n) is 14.3. The van der Waals surface area contributed by atoms with Crippen molar-refractivity contribution in [3.8, 4) is 11.3 Å². The number of hydrogen-bond donors (Lipinski definition) is 1. The number of hydrogen-bond acceptors (Lipinski definition) is 9. The Bertz CT molecular complexity index is 1620. The molecule has 2 aromatic carbocycles. The number of benzene rings is 2. The van der Waals surface area contributed by atoms with Gasteiger partial charge in [-0.1, -0.05) is 81.9 Å². The van der Waals surface area contributed by atoms with Gasteiger partial charge in [0.2, 0.25) is 5.91 Å². The number of nitro benzene ring substituents is 1. The number of nitro groups is 1. The molecule has 1 amide bonds. The van der Waals surface area contributed by atoms with Crippen molar-refractivity contribution in [1.82, 2.24) is 9.88 Å². The zero-order valence-corrected chi connectivity index (χ0v) is 28.8. The molecule has 0 radical (unpaired) electrons. The average molecular weight is 670 g/mol. The molecule has 3 heterocycles. The molecular formula is C31H35N3O6S3Si. The lowest BCUT2D eigenvalue weighted by molar-refractivity contribution is -0.384. The number of amides is 1. The second-order valence-corrected chi connectivity index (χ2v) is 20.9. The summed E-state index contributed by atoms with van der Waals surface area (Å²) in [5, 5.41) is 23.6. The Morgan fingerprint density at radius 1 is 1.20 bits per heavy atom. The van der Waals surface area contributed by atoms with Gasteiger partial charge < -0.3 is 9.53 Å². The molecule has 0 bridgehead atoms. The predicted molar refractivity (Wildman–Crippen MR) is 178 cm³/mol. The second kappa shape index (κ2) is 12.1. The summed E-state index contributed by atoms with van der Waals surface area (Å²) in [7, 11) is -2.30. The fraction of sp³-hybridized carbons (Fsp3) is 0.387. The number of nitrogens with zero attached hydrogens (tertiary/aromatic N) is 3. The number of carboxylic acid groups (broad SMARTS) is 1. The molecule has 2 aliphatic heterocycles. The maximum Gasteiger partial charge on any atom is 0.354 e. The van der Waals surface area contributed by atoms with Crippen LogP contribution in [0.3, 0.4) is 0 Å². The van der Waals surface area contributed by atoms with Crippen molar-refractivity contribution in [2.24, 2.45) is 5.92 Å². The number of thiazole rings is 1. The number of thioether (sulfide) groups is 2. The van der Waals surface area contributed by atoms with E-state index >= 15 is 0 Å². The van der Waals surface area contributed by atoms with Crippen LogP contribution in [0, 0.1) is 16.0 Å². The van der Waals surface area contributed by atoms with Gasteiger partial charge in [0.05, 0.1) is 26.9 Å². The van der Waals surface area contributed by atoms with Crippen LogP contribution in [-0.4, -0.2) is 51.1 Å². The maximum absolute atomic E-state index is 14.1. The largest absolute Gasteiger partial charge is 0.477 e. The highest BCUT2D eigenvalue weighted by Crippen LogP contribution is 2.64. The summed E-state index contributed by atoms with van der Waals surface area (Å²) in [6.45, 7) is 12.7. The summed E-state index contributed by atoms with van der Waals surface area (Å²) < 4.78 is 8.02. The highest BCUT2D eigenvalue weighted by atomic mass is 32.2. The number of carbonyl (C=O) groups is 2. The number of aliphatic carboxylic acids is 1. The van der Waals surface area contributed by atoms with Crippen molar-refractivity contribution in [2.45, 2.75) is 74.0 Å². The van der Waals surface area contributed by atoms with Crippen molar-refractivity contribution >= 4 is 60.7 Å². The van der Waals surface area contributed by atoms with E-state index in [1.165, 1.54) is 51.9 Å². The van der Waals surface area contributed by atoms with Gasteiger partial charge in [-0.15, -0.1) is 11.3 Å². The first-order valence-corrected chi connectivity index (χ1v) is 19.7. The van der Waals surface area contributed by atoms with E-state index in [0.717, 1.165) is 16.8 Å². The van der Waals surface area contributed by atoms with Crippen LogP contribution in [0.4, 0.5) is 5.69 Å². The number of rotatable bonds is 11. The average Bonchev–Trinajstić information content (AvgIpc) is 3.53. The zero-order valence-electron chi connectivity index (χ0n) is 25.4. The third-order valence-corrected chi connectivity index (χ3v) is 16.7. The lowest BCUT2D eigenvalue weighted by Gasteiger charge is -2.56. The van der Waals surface area contributed by atoms with Gasteiger partial charge in [-0.25, -0.2) is 9.78 Å². The van der Waals surface area contributed by atoms with Gasteiger partial charge in [0.25, 0.3) is 5.69 Å². The van der Waals surface area contributed by atoms with Crippen molar-refractivity contribution in [1.29, 1.82) is 0 Å². The summed E-state index contributed by atoms with van der Waals surface area (Å²) in [5.74, 6) is -2.07. The molecule has 44 heavy (non-hydrogen) atoms. The highest BCUT2D eigenvalue weighted by Gasteiger charge is 2.69. The molecule has 3 atom stereocenters. The minimum atomic E-state index is -2.30. The molecule has 0 saturated carbocycles. The molecule has 0 spiro atoms. The van der Waals surface area contributed by atoms with E-state index in [1.807, 2.05) is 42.6 Å². The summed E-state index contributed by atoms with van der Waals surface area (Å²) in [4.78, 5) is 42.9. The molecular weight excluding hydrogens is 635 g/mol. The van der Waals surface area contributed by atoms with Gasteiger partial charge in [0.15, 0.2) is 18.4 Å². The molecule has 2 aliphatic rings. The lowest BCUT2D eigenvalue weighted by atomic mass is 9.77. The molecule has 3 aromatic rings. The number of fused-ring (bicyclic) bond motifs is 1. The topological polar surface area (TPSA) is 123 Å². The number of non-ortho nitro benzene ring substituents is 1. The van der Waals surface area contributed by atoms with E-state index in [-0.39, 0.29) is 22.3 Å². The van der Waals surface area contributed by atoms with Crippen LogP contribution in [0.25, 0.3) is 11.3 Å². The van der Waals surface area contributed by atoms with Gasteiger partial charge in [-0.3, -0.25) is 19.8 Å². The Kier molecular flexibility index (Phi) is 8.90. The quantitative estimate of drug-likeness (QED) is 0.0936. The van der Waals surface area contributed by atoms with E-state index in [2.05, 4.69) is 33.9 Å². The molecule has 232 valence electrons. The van der Waals surface area contributed by atoms with Gasteiger partial charge in [-0.2, -0.15) is 0 Å². The second-order valence-electron chi connectivity index (χ2n) is 12.4. The van der Waals surface area contributed by atoms with Gasteiger partial charge >= 0.3 is 5.97 Å². The third-order valence-electron chi connectivity index (χ3n) is 8.60. The van der Waals surface area contributed by atoms with Gasteiger partial charge in [-0.05, 0) is 41.9 Å². The highest BCUT2D eigenvalue weighted by molar-refractivity contribution is 8.23. The first kappa shape index (κ1) is 32.4. The molecule has 1 aromatic heterocycles.